The topological polar surface area (TPSA) is 46.9 Å². The van der Waals surface area contributed by atoms with Gasteiger partial charge in [0.1, 0.15) is 5.69 Å². The molecule has 1 heterocycles. The molecule has 0 aliphatic rings. The van der Waals surface area contributed by atoms with Gasteiger partial charge in [0.05, 0.1) is 5.69 Å². The summed E-state index contributed by atoms with van der Waals surface area (Å²) in [6.45, 7) is 12.1. The monoisotopic (exact) mass is 355 g/mol. The van der Waals surface area contributed by atoms with Gasteiger partial charge in [-0.25, -0.2) is 0 Å². The van der Waals surface area contributed by atoms with Crippen LogP contribution in [-0.4, -0.2) is 22.2 Å². The van der Waals surface area contributed by atoms with E-state index in [1.54, 1.807) is 0 Å². The Morgan fingerprint density at radius 2 is 1.88 bits per heavy atom. The Kier molecular flexibility index (Phi) is 7.01. The zero-order valence-corrected chi connectivity index (χ0v) is 16.9. The fourth-order valence-electron chi connectivity index (χ4n) is 2.88. The minimum Gasteiger partial charge on any atom is -0.350 e. The van der Waals surface area contributed by atoms with Crippen LogP contribution in [0, 0.1) is 0 Å². The maximum absolute atomic E-state index is 12.8. The van der Waals surface area contributed by atoms with Crippen molar-refractivity contribution in [2.75, 3.05) is 6.54 Å². The summed E-state index contributed by atoms with van der Waals surface area (Å²) in [5.74, 6) is 0.242. The Balaban J connectivity index is 2.09. The first-order valence-corrected chi connectivity index (χ1v) is 9.74. The maximum atomic E-state index is 12.8. The van der Waals surface area contributed by atoms with Gasteiger partial charge in [0.15, 0.2) is 0 Å². The predicted octanol–water partition coefficient (Wildman–Crippen LogP) is 4.90. The van der Waals surface area contributed by atoms with Crippen molar-refractivity contribution < 1.29 is 4.79 Å². The van der Waals surface area contributed by atoms with E-state index in [0.717, 1.165) is 31.5 Å². The van der Waals surface area contributed by atoms with Crippen LogP contribution < -0.4 is 5.32 Å². The summed E-state index contributed by atoms with van der Waals surface area (Å²) in [7, 11) is 0. The lowest BCUT2D eigenvalue weighted by atomic mass is 9.92. The molecule has 0 saturated heterocycles. The van der Waals surface area contributed by atoms with Crippen molar-refractivity contribution in [1.82, 2.24) is 15.1 Å². The summed E-state index contributed by atoms with van der Waals surface area (Å²) in [4.78, 5) is 12.8. The van der Waals surface area contributed by atoms with Crippen molar-refractivity contribution >= 4 is 5.91 Å². The molecule has 1 amide bonds. The van der Waals surface area contributed by atoms with Crippen LogP contribution in [0.5, 0.6) is 0 Å². The molecular formula is C22H33N3O. The highest BCUT2D eigenvalue weighted by molar-refractivity contribution is 5.92. The molecule has 0 aliphatic heterocycles. The van der Waals surface area contributed by atoms with Crippen molar-refractivity contribution in [3.63, 3.8) is 0 Å². The molecule has 2 rings (SSSR count). The molecule has 0 spiro atoms. The van der Waals surface area contributed by atoms with Crippen LogP contribution in [0.25, 0.3) is 0 Å². The number of rotatable bonds is 8. The van der Waals surface area contributed by atoms with Crippen LogP contribution in [-0.2, 0) is 12.0 Å². The average molecular weight is 356 g/mol. The molecule has 4 heteroatoms. The first-order valence-electron chi connectivity index (χ1n) is 9.74. The highest BCUT2D eigenvalue weighted by Crippen LogP contribution is 2.22. The minimum atomic E-state index is -0.0671. The zero-order chi connectivity index (χ0) is 19.2. The fourth-order valence-corrected chi connectivity index (χ4v) is 2.88. The SMILES string of the molecule is CCCCCn1nc(C(C)(C)C)cc1C(=O)NC[C@@H](C)c1ccccc1. The number of hydrogen-bond donors (Lipinski definition) is 1. The van der Waals surface area contributed by atoms with Gasteiger partial charge in [-0.3, -0.25) is 9.48 Å². The van der Waals surface area contributed by atoms with E-state index < -0.39 is 0 Å². The number of benzene rings is 1. The van der Waals surface area contributed by atoms with E-state index in [4.69, 9.17) is 5.10 Å². The molecule has 1 atom stereocenters. The summed E-state index contributed by atoms with van der Waals surface area (Å²) in [6, 6.07) is 12.2. The molecule has 2 aromatic rings. The van der Waals surface area contributed by atoms with Crippen molar-refractivity contribution in [3.8, 4) is 0 Å². The molecule has 0 saturated carbocycles. The average Bonchev–Trinajstić information content (AvgIpc) is 3.05. The van der Waals surface area contributed by atoms with E-state index in [0.29, 0.717) is 12.2 Å². The van der Waals surface area contributed by atoms with E-state index >= 15 is 0 Å². The van der Waals surface area contributed by atoms with Crippen molar-refractivity contribution in [2.45, 2.75) is 71.8 Å². The second-order valence-electron chi connectivity index (χ2n) is 8.12. The van der Waals surface area contributed by atoms with Gasteiger partial charge in [0, 0.05) is 18.5 Å². The number of nitrogens with one attached hydrogen (secondary N) is 1. The van der Waals surface area contributed by atoms with Gasteiger partial charge in [-0.15, -0.1) is 0 Å². The maximum Gasteiger partial charge on any atom is 0.269 e. The third-order valence-corrected chi connectivity index (χ3v) is 4.69. The third kappa shape index (κ3) is 5.45. The molecule has 0 bridgehead atoms. The molecule has 1 N–H and O–H groups in total. The van der Waals surface area contributed by atoms with E-state index in [-0.39, 0.29) is 17.2 Å². The zero-order valence-electron chi connectivity index (χ0n) is 16.9. The van der Waals surface area contributed by atoms with E-state index in [1.165, 1.54) is 5.56 Å². The molecule has 1 aromatic carbocycles. The highest BCUT2D eigenvalue weighted by atomic mass is 16.2. The summed E-state index contributed by atoms with van der Waals surface area (Å²) >= 11 is 0. The Hall–Kier alpha value is -2.10. The number of unbranched alkanes of at least 4 members (excludes halogenated alkanes) is 2. The normalized spacial score (nSPS) is 12.8. The molecule has 4 nitrogen and oxygen atoms in total. The molecule has 0 unspecified atom stereocenters. The standard InChI is InChI=1S/C22H33N3O/c1-6-7-11-14-25-19(15-20(24-25)22(3,4)5)21(26)23-16-17(2)18-12-9-8-10-13-18/h8-10,12-13,15,17H,6-7,11,14,16H2,1-5H3,(H,23,26)/t17-/m1/s1. The first kappa shape index (κ1) is 20.2. The lowest BCUT2D eigenvalue weighted by molar-refractivity contribution is 0.0940. The summed E-state index contributed by atoms with van der Waals surface area (Å²) in [5, 5.41) is 7.81. The number of nitrogens with zero attached hydrogens (tertiary/aromatic N) is 2. The van der Waals surface area contributed by atoms with Crippen molar-refractivity contribution in [2.24, 2.45) is 0 Å². The van der Waals surface area contributed by atoms with Crippen molar-refractivity contribution in [3.05, 3.63) is 53.3 Å². The number of aromatic nitrogens is 2. The highest BCUT2D eigenvalue weighted by Gasteiger charge is 2.23. The van der Waals surface area contributed by atoms with Gasteiger partial charge in [-0.05, 0) is 24.0 Å². The number of carbonyl (C=O) groups is 1. The molecule has 1 aromatic heterocycles. The largest absolute Gasteiger partial charge is 0.350 e. The van der Waals surface area contributed by atoms with Crippen LogP contribution in [0.4, 0.5) is 0 Å². The number of aryl methyl sites for hydroxylation is 1. The van der Waals surface area contributed by atoms with E-state index in [9.17, 15) is 4.79 Å². The van der Waals surface area contributed by atoms with E-state index in [1.807, 2.05) is 28.9 Å². The molecule has 0 radical (unpaired) electrons. The quantitative estimate of drug-likeness (QED) is 0.684. The summed E-state index contributed by atoms with van der Waals surface area (Å²) in [5.41, 5.74) is 2.81. The lowest BCUT2D eigenvalue weighted by Gasteiger charge is -2.14. The Morgan fingerprint density at radius 1 is 1.19 bits per heavy atom. The van der Waals surface area contributed by atoms with Gasteiger partial charge in [-0.1, -0.05) is 77.8 Å². The number of amides is 1. The van der Waals surface area contributed by atoms with Crippen LogP contribution in [0.15, 0.2) is 36.4 Å². The smallest absolute Gasteiger partial charge is 0.269 e. The third-order valence-electron chi connectivity index (χ3n) is 4.69. The second-order valence-corrected chi connectivity index (χ2v) is 8.12. The Labute approximate surface area is 158 Å². The first-order chi connectivity index (χ1) is 12.3. The number of carbonyl (C=O) groups excluding carboxylic acids is 1. The van der Waals surface area contributed by atoms with Gasteiger partial charge >= 0.3 is 0 Å². The minimum absolute atomic E-state index is 0.0349. The molecule has 0 aliphatic carbocycles. The van der Waals surface area contributed by atoms with E-state index in [2.05, 4.69) is 52.1 Å². The predicted molar refractivity (Wildman–Crippen MR) is 108 cm³/mol. The van der Waals surface area contributed by atoms with Crippen LogP contribution in [0.3, 0.4) is 0 Å². The molecule has 0 fully saturated rings. The van der Waals surface area contributed by atoms with Crippen LogP contribution in [0.2, 0.25) is 0 Å². The van der Waals surface area contributed by atoms with Gasteiger partial charge in [-0.2, -0.15) is 5.10 Å². The Morgan fingerprint density at radius 3 is 2.50 bits per heavy atom. The van der Waals surface area contributed by atoms with Gasteiger partial charge in [0.25, 0.3) is 5.91 Å². The van der Waals surface area contributed by atoms with Crippen LogP contribution in [0.1, 0.15) is 81.5 Å². The van der Waals surface area contributed by atoms with Crippen LogP contribution >= 0.6 is 0 Å². The van der Waals surface area contributed by atoms with Crippen molar-refractivity contribution in [1.29, 1.82) is 0 Å². The molecule has 26 heavy (non-hydrogen) atoms. The fraction of sp³-hybridized carbons (Fsp3) is 0.545. The van der Waals surface area contributed by atoms with Gasteiger partial charge < -0.3 is 5.32 Å². The Bertz CT molecular complexity index is 698. The number of hydrogen-bond acceptors (Lipinski definition) is 2. The summed E-state index contributed by atoms with van der Waals surface area (Å²) in [6.07, 6.45) is 3.35. The van der Waals surface area contributed by atoms with Gasteiger partial charge in [0.2, 0.25) is 0 Å². The summed E-state index contributed by atoms with van der Waals surface area (Å²) < 4.78 is 1.89. The lowest BCUT2D eigenvalue weighted by Crippen LogP contribution is -2.29. The second kappa shape index (κ2) is 9.02. The molecular weight excluding hydrogens is 322 g/mol. The molecule has 142 valence electrons.